The van der Waals surface area contributed by atoms with Crippen molar-refractivity contribution >= 4 is 36.3 Å². The maximum absolute atomic E-state index is 5.28. The van der Waals surface area contributed by atoms with E-state index in [0.29, 0.717) is 0 Å². The lowest BCUT2D eigenvalue weighted by Crippen LogP contribution is -2.30. The maximum Gasteiger partial charge on any atom is 0.128 e. The van der Waals surface area contributed by atoms with Crippen molar-refractivity contribution in [3.8, 4) is 0 Å². The molecule has 0 saturated heterocycles. The van der Waals surface area contributed by atoms with Crippen LogP contribution in [0.25, 0.3) is 0 Å². The predicted molar refractivity (Wildman–Crippen MR) is 72.8 cm³/mol. The first-order valence-electron chi connectivity index (χ1n) is 4.75. The molecule has 1 aliphatic heterocycles. The number of rotatable bonds is 2. The van der Waals surface area contributed by atoms with Gasteiger partial charge in [-0.1, -0.05) is 0 Å². The molecule has 4 nitrogen and oxygen atoms in total. The summed E-state index contributed by atoms with van der Waals surface area (Å²) in [4.78, 5) is 4.41. The largest absolute Gasteiger partial charge is 0.370 e. The van der Waals surface area contributed by atoms with Crippen molar-refractivity contribution in [3.05, 3.63) is 29.8 Å². The van der Waals surface area contributed by atoms with Crippen molar-refractivity contribution in [2.75, 3.05) is 18.5 Å². The highest BCUT2D eigenvalue weighted by Gasteiger charge is 2.05. The van der Waals surface area contributed by atoms with Crippen LogP contribution in [0, 0.1) is 0 Å². The van der Waals surface area contributed by atoms with Gasteiger partial charge in [-0.05, 0) is 30.7 Å². The molecule has 16 heavy (non-hydrogen) atoms. The van der Waals surface area contributed by atoms with Crippen LogP contribution < -0.4 is 16.6 Å². The Bertz CT molecular complexity index is 337. The summed E-state index contributed by atoms with van der Waals surface area (Å²) in [6.45, 7) is 1.93. The molecule has 0 fully saturated rings. The van der Waals surface area contributed by atoms with E-state index in [9.17, 15) is 0 Å². The van der Waals surface area contributed by atoms with Crippen molar-refractivity contribution < 1.29 is 0 Å². The molecular weight excluding hydrogens is 247 g/mol. The monoisotopic (exact) mass is 262 g/mol. The highest BCUT2D eigenvalue weighted by atomic mass is 35.5. The summed E-state index contributed by atoms with van der Waals surface area (Å²) in [7, 11) is 0. The fourth-order valence-electron chi connectivity index (χ4n) is 1.45. The van der Waals surface area contributed by atoms with Gasteiger partial charge in [0.1, 0.15) is 5.84 Å². The molecule has 0 spiro atoms. The van der Waals surface area contributed by atoms with Gasteiger partial charge in [0.15, 0.2) is 0 Å². The van der Waals surface area contributed by atoms with Crippen LogP contribution in [0.2, 0.25) is 0 Å². The van der Waals surface area contributed by atoms with Gasteiger partial charge in [-0.15, -0.1) is 24.8 Å². The Labute approximate surface area is 107 Å². The molecule has 2 rings (SSSR count). The van der Waals surface area contributed by atoms with Gasteiger partial charge in [0, 0.05) is 24.3 Å². The minimum atomic E-state index is 0. The first-order valence-corrected chi connectivity index (χ1v) is 4.75. The zero-order chi connectivity index (χ0) is 9.80. The Kier molecular flexibility index (Phi) is 6.88. The molecule has 0 amide bonds. The van der Waals surface area contributed by atoms with E-state index in [2.05, 4.69) is 15.7 Å². The molecule has 6 heteroatoms. The van der Waals surface area contributed by atoms with Gasteiger partial charge >= 0.3 is 0 Å². The third kappa shape index (κ3) is 3.56. The Morgan fingerprint density at radius 1 is 1.19 bits per heavy atom. The fourth-order valence-corrected chi connectivity index (χ4v) is 1.45. The lowest BCUT2D eigenvalue weighted by Gasteiger charge is -2.14. The number of nitrogens with zero attached hydrogens (tertiary/aromatic N) is 1. The highest BCUT2D eigenvalue weighted by molar-refractivity contribution is 5.99. The summed E-state index contributed by atoms with van der Waals surface area (Å²) in [5, 5.41) is 3.27. The topological polar surface area (TPSA) is 62.4 Å². The number of hydrogen-bond acceptors (Lipinski definition) is 4. The van der Waals surface area contributed by atoms with E-state index < -0.39 is 0 Å². The summed E-state index contributed by atoms with van der Waals surface area (Å²) in [6.07, 6.45) is 1.12. The van der Waals surface area contributed by atoms with Crippen molar-refractivity contribution in [2.24, 2.45) is 10.8 Å². The minimum Gasteiger partial charge on any atom is -0.370 e. The molecule has 1 aliphatic rings. The molecule has 90 valence electrons. The third-order valence-electron chi connectivity index (χ3n) is 2.22. The first kappa shape index (κ1) is 15.0. The number of nitrogen functional groups attached to an aromatic ring is 1. The average molecular weight is 263 g/mol. The van der Waals surface area contributed by atoms with Crippen molar-refractivity contribution in [2.45, 2.75) is 6.42 Å². The molecule has 0 unspecified atom stereocenters. The van der Waals surface area contributed by atoms with Crippen LogP contribution in [0.5, 0.6) is 0 Å². The van der Waals surface area contributed by atoms with Crippen LogP contribution in [0.15, 0.2) is 29.3 Å². The highest BCUT2D eigenvalue weighted by Crippen LogP contribution is 2.09. The Morgan fingerprint density at radius 2 is 1.88 bits per heavy atom. The molecule has 4 N–H and O–H groups in total. The lowest BCUT2D eigenvalue weighted by atomic mass is 10.1. The maximum atomic E-state index is 5.28. The zero-order valence-corrected chi connectivity index (χ0v) is 10.4. The van der Waals surface area contributed by atoms with Crippen molar-refractivity contribution in [1.29, 1.82) is 0 Å². The fraction of sp³-hybridized carbons (Fsp3) is 0.300. The second kappa shape index (κ2) is 7.33. The summed E-state index contributed by atoms with van der Waals surface area (Å²) in [5.74, 6) is 6.27. The predicted octanol–water partition coefficient (Wildman–Crippen LogP) is 1.56. The number of nitrogens with two attached hydrogens (primary N) is 1. The molecule has 0 aromatic heterocycles. The molecule has 1 heterocycles. The Balaban J connectivity index is 0.00000112. The molecule has 1 aromatic carbocycles. The molecule has 0 saturated carbocycles. The molecule has 0 bridgehead atoms. The Hall–Kier alpha value is -0.970. The van der Waals surface area contributed by atoms with Crippen LogP contribution in [-0.4, -0.2) is 18.9 Å². The standard InChI is InChI=1S/C10H14N4.2ClH/c11-14-9-4-2-8(3-5-9)10-12-6-1-7-13-10;;/h2-5,14H,1,6-7,11H2,(H,12,13);2*1H. The van der Waals surface area contributed by atoms with E-state index in [1.807, 2.05) is 24.3 Å². The molecular formula is C10H16Cl2N4. The van der Waals surface area contributed by atoms with Crippen LogP contribution in [0.4, 0.5) is 5.69 Å². The summed E-state index contributed by atoms with van der Waals surface area (Å²) < 4.78 is 0. The van der Waals surface area contributed by atoms with E-state index >= 15 is 0 Å². The number of hydrogen-bond donors (Lipinski definition) is 3. The van der Waals surface area contributed by atoms with E-state index in [0.717, 1.165) is 36.6 Å². The SMILES string of the molecule is Cl.Cl.NNc1ccc(C2=NCCCN2)cc1. The third-order valence-corrected chi connectivity index (χ3v) is 2.22. The van der Waals surface area contributed by atoms with Crippen LogP contribution in [0.1, 0.15) is 12.0 Å². The van der Waals surface area contributed by atoms with E-state index in [1.54, 1.807) is 0 Å². The van der Waals surface area contributed by atoms with Gasteiger partial charge < -0.3 is 10.7 Å². The van der Waals surface area contributed by atoms with Gasteiger partial charge in [0.25, 0.3) is 0 Å². The number of nitrogens with one attached hydrogen (secondary N) is 2. The first-order chi connectivity index (χ1) is 6.90. The second-order valence-corrected chi connectivity index (χ2v) is 3.23. The van der Waals surface area contributed by atoms with Crippen molar-refractivity contribution in [3.63, 3.8) is 0 Å². The van der Waals surface area contributed by atoms with Gasteiger partial charge in [0.05, 0.1) is 0 Å². The van der Waals surface area contributed by atoms with E-state index in [1.165, 1.54) is 0 Å². The molecule has 0 atom stereocenters. The van der Waals surface area contributed by atoms with Gasteiger partial charge in [0.2, 0.25) is 0 Å². The van der Waals surface area contributed by atoms with Gasteiger partial charge in [-0.2, -0.15) is 0 Å². The number of benzene rings is 1. The summed E-state index contributed by atoms with van der Waals surface area (Å²) in [6, 6.07) is 7.89. The van der Waals surface area contributed by atoms with Gasteiger partial charge in [-0.25, -0.2) is 0 Å². The molecule has 0 radical (unpaired) electrons. The van der Waals surface area contributed by atoms with Crippen molar-refractivity contribution in [1.82, 2.24) is 5.32 Å². The number of aliphatic imine (C=N–C) groups is 1. The minimum absolute atomic E-state index is 0. The molecule has 0 aliphatic carbocycles. The van der Waals surface area contributed by atoms with Crippen LogP contribution >= 0.6 is 24.8 Å². The van der Waals surface area contributed by atoms with E-state index in [-0.39, 0.29) is 24.8 Å². The number of halogens is 2. The van der Waals surface area contributed by atoms with Crippen LogP contribution in [-0.2, 0) is 0 Å². The van der Waals surface area contributed by atoms with Crippen LogP contribution in [0.3, 0.4) is 0 Å². The summed E-state index contributed by atoms with van der Waals surface area (Å²) >= 11 is 0. The zero-order valence-electron chi connectivity index (χ0n) is 8.77. The number of anilines is 1. The lowest BCUT2D eigenvalue weighted by molar-refractivity contribution is 0.742. The Morgan fingerprint density at radius 3 is 2.38 bits per heavy atom. The number of amidine groups is 1. The molecule has 1 aromatic rings. The quantitative estimate of drug-likeness (QED) is 0.560. The van der Waals surface area contributed by atoms with Gasteiger partial charge in [-0.3, -0.25) is 10.8 Å². The average Bonchev–Trinajstić information content (AvgIpc) is 2.30. The summed E-state index contributed by atoms with van der Waals surface area (Å²) in [5.41, 5.74) is 4.62. The normalized spacial score (nSPS) is 13.7. The number of hydrazine groups is 1. The second-order valence-electron chi connectivity index (χ2n) is 3.23. The van der Waals surface area contributed by atoms with E-state index in [4.69, 9.17) is 5.84 Å². The smallest absolute Gasteiger partial charge is 0.128 e.